The molecule has 1 aromatic heterocycles. The largest absolute Gasteiger partial charge is 0.396 e. The van der Waals surface area contributed by atoms with Crippen LogP contribution in [-0.4, -0.2) is 11.0 Å². The maximum absolute atomic E-state index is 6.20. The zero-order valence-corrected chi connectivity index (χ0v) is 13.2. The molecule has 0 radical (unpaired) electrons. The first-order valence-corrected chi connectivity index (χ1v) is 8.53. The van der Waals surface area contributed by atoms with E-state index in [4.69, 9.17) is 5.73 Å². The number of rotatable bonds is 3. The highest BCUT2D eigenvalue weighted by molar-refractivity contribution is 5.65. The number of aryl methyl sites for hydroxylation is 1. The first-order chi connectivity index (χ1) is 10.1. The molecule has 0 aliphatic heterocycles. The Morgan fingerprint density at radius 2 is 1.76 bits per heavy atom. The third-order valence-electron chi connectivity index (χ3n) is 6.57. The fraction of sp³-hybridized carbons (Fsp3) is 0.722. The molecule has 21 heavy (non-hydrogen) atoms. The molecule has 4 saturated carbocycles. The molecule has 3 heteroatoms. The zero-order valence-electron chi connectivity index (χ0n) is 13.2. The van der Waals surface area contributed by atoms with Crippen LogP contribution in [0.15, 0.2) is 12.3 Å². The van der Waals surface area contributed by atoms with Crippen LogP contribution in [0.2, 0.25) is 0 Å². The van der Waals surface area contributed by atoms with Crippen LogP contribution in [0.1, 0.15) is 51.0 Å². The number of aromatic nitrogens is 1. The summed E-state index contributed by atoms with van der Waals surface area (Å²) in [5, 5.41) is 3.67. The van der Waals surface area contributed by atoms with Gasteiger partial charge in [-0.3, -0.25) is 0 Å². The molecule has 5 rings (SSSR count). The summed E-state index contributed by atoms with van der Waals surface area (Å²) in [5.74, 6) is 3.85. The van der Waals surface area contributed by atoms with Gasteiger partial charge in [-0.2, -0.15) is 0 Å². The molecule has 3 N–H and O–H groups in total. The summed E-state index contributed by atoms with van der Waals surface area (Å²) >= 11 is 0. The van der Waals surface area contributed by atoms with Crippen LogP contribution in [0, 0.1) is 30.1 Å². The SMILES string of the molecule is Cc1ccnc(NC(C)C23CC4CC(CC(C4)C2)C3)c1N. The summed E-state index contributed by atoms with van der Waals surface area (Å²) in [4.78, 5) is 4.47. The summed E-state index contributed by atoms with van der Waals surface area (Å²) in [6, 6.07) is 2.46. The second-order valence-corrected chi connectivity index (χ2v) is 8.04. The molecular formula is C18H27N3. The molecule has 1 atom stereocenters. The fourth-order valence-electron chi connectivity index (χ4n) is 5.75. The van der Waals surface area contributed by atoms with Crippen LogP contribution in [0.5, 0.6) is 0 Å². The van der Waals surface area contributed by atoms with E-state index >= 15 is 0 Å². The van der Waals surface area contributed by atoms with Crippen LogP contribution in [0.25, 0.3) is 0 Å². The molecule has 3 nitrogen and oxygen atoms in total. The Balaban J connectivity index is 1.57. The Morgan fingerprint density at radius 3 is 2.33 bits per heavy atom. The predicted octanol–water partition coefficient (Wildman–Crippen LogP) is 3.99. The molecule has 1 unspecified atom stereocenters. The number of nitrogen functional groups attached to an aromatic ring is 1. The minimum Gasteiger partial charge on any atom is -0.396 e. The minimum atomic E-state index is 0.475. The van der Waals surface area contributed by atoms with Gasteiger partial charge in [0.25, 0.3) is 0 Å². The summed E-state index contributed by atoms with van der Waals surface area (Å²) in [6.45, 7) is 4.41. The predicted molar refractivity (Wildman–Crippen MR) is 87.1 cm³/mol. The molecule has 0 spiro atoms. The summed E-state index contributed by atoms with van der Waals surface area (Å²) in [6.07, 6.45) is 10.6. The number of pyridine rings is 1. The van der Waals surface area contributed by atoms with Crippen LogP contribution in [-0.2, 0) is 0 Å². The van der Waals surface area contributed by atoms with E-state index in [0.29, 0.717) is 11.5 Å². The topological polar surface area (TPSA) is 50.9 Å². The molecule has 1 aromatic rings. The monoisotopic (exact) mass is 285 g/mol. The van der Waals surface area contributed by atoms with Gasteiger partial charge in [-0.15, -0.1) is 0 Å². The first kappa shape index (κ1) is 13.4. The number of nitrogens with zero attached hydrogens (tertiary/aromatic N) is 1. The van der Waals surface area contributed by atoms with Gasteiger partial charge in [-0.05, 0) is 87.2 Å². The normalized spacial score (nSPS) is 38.5. The first-order valence-electron chi connectivity index (χ1n) is 8.53. The van der Waals surface area contributed by atoms with E-state index in [0.717, 1.165) is 34.8 Å². The van der Waals surface area contributed by atoms with Crippen LogP contribution < -0.4 is 11.1 Å². The average molecular weight is 285 g/mol. The molecule has 114 valence electrons. The van der Waals surface area contributed by atoms with Gasteiger partial charge in [0.05, 0.1) is 5.69 Å². The molecule has 0 aromatic carbocycles. The average Bonchev–Trinajstić information content (AvgIpc) is 2.42. The second-order valence-electron chi connectivity index (χ2n) is 8.04. The lowest BCUT2D eigenvalue weighted by Gasteiger charge is -2.59. The van der Waals surface area contributed by atoms with Crippen molar-refractivity contribution in [2.24, 2.45) is 23.2 Å². The van der Waals surface area contributed by atoms with Crippen LogP contribution in [0.4, 0.5) is 11.5 Å². The lowest BCUT2D eigenvalue weighted by Crippen LogP contribution is -2.53. The van der Waals surface area contributed by atoms with Gasteiger partial charge in [0.15, 0.2) is 0 Å². The zero-order chi connectivity index (χ0) is 14.6. The fourth-order valence-corrected chi connectivity index (χ4v) is 5.75. The lowest BCUT2D eigenvalue weighted by molar-refractivity contribution is -0.0603. The Kier molecular flexibility index (Phi) is 2.95. The van der Waals surface area contributed by atoms with Crippen molar-refractivity contribution in [3.63, 3.8) is 0 Å². The standard InChI is InChI=1S/C18H27N3/c1-11-3-4-20-17(16(11)19)21-12(2)18-8-13-5-14(9-18)7-15(6-13)10-18/h3-4,12-15H,5-10,19H2,1-2H3,(H,20,21). The molecular weight excluding hydrogens is 258 g/mol. The summed E-state index contributed by atoms with van der Waals surface area (Å²) in [5.41, 5.74) is 8.62. The summed E-state index contributed by atoms with van der Waals surface area (Å²) in [7, 11) is 0. The third kappa shape index (κ3) is 2.13. The maximum atomic E-state index is 6.20. The smallest absolute Gasteiger partial charge is 0.149 e. The minimum absolute atomic E-state index is 0.475. The quantitative estimate of drug-likeness (QED) is 0.883. The van der Waals surface area contributed by atoms with Crippen molar-refractivity contribution in [2.75, 3.05) is 11.1 Å². The van der Waals surface area contributed by atoms with Gasteiger partial charge in [0.1, 0.15) is 5.82 Å². The molecule has 4 aliphatic rings. The van der Waals surface area contributed by atoms with E-state index in [-0.39, 0.29) is 0 Å². The third-order valence-corrected chi connectivity index (χ3v) is 6.57. The van der Waals surface area contributed by atoms with E-state index < -0.39 is 0 Å². The molecule has 1 heterocycles. The van der Waals surface area contributed by atoms with E-state index in [2.05, 4.69) is 24.1 Å². The number of nitrogens with two attached hydrogens (primary N) is 1. The Hall–Kier alpha value is -1.25. The van der Waals surface area contributed by atoms with Crippen molar-refractivity contribution >= 4 is 11.5 Å². The number of hydrogen-bond donors (Lipinski definition) is 2. The van der Waals surface area contributed by atoms with Gasteiger partial charge in [-0.25, -0.2) is 4.98 Å². The van der Waals surface area contributed by atoms with Gasteiger partial charge < -0.3 is 11.1 Å². The van der Waals surface area contributed by atoms with Gasteiger partial charge in [0.2, 0.25) is 0 Å². The molecule has 4 bridgehead atoms. The maximum Gasteiger partial charge on any atom is 0.149 e. The highest BCUT2D eigenvalue weighted by Crippen LogP contribution is 2.61. The molecule has 0 amide bonds. The Morgan fingerprint density at radius 1 is 1.19 bits per heavy atom. The van der Waals surface area contributed by atoms with E-state index in [1.807, 2.05) is 12.3 Å². The number of nitrogens with one attached hydrogen (secondary N) is 1. The molecule has 4 fully saturated rings. The Bertz CT molecular complexity index is 516. The van der Waals surface area contributed by atoms with Crippen molar-refractivity contribution < 1.29 is 0 Å². The van der Waals surface area contributed by atoms with Gasteiger partial charge in [-0.1, -0.05) is 0 Å². The van der Waals surface area contributed by atoms with Crippen molar-refractivity contribution in [1.29, 1.82) is 0 Å². The van der Waals surface area contributed by atoms with E-state index in [1.165, 1.54) is 38.5 Å². The van der Waals surface area contributed by atoms with Gasteiger partial charge in [0, 0.05) is 12.2 Å². The van der Waals surface area contributed by atoms with Crippen LogP contribution in [0.3, 0.4) is 0 Å². The van der Waals surface area contributed by atoms with E-state index in [9.17, 15) is 0 Å². The highest BCUT2D eigenvalue weighted by atomic mass is 15.0. The second kappa shape index (κ2) is 4.62. The van der Waals surface area contributed by atoms with E-state index in [1.54, 1.807) is 0 Å². The van der Waals surface area contributed by atoms with Crippen LogP contribution >= 0.6 is 0 Å². The van der Waals surface area contributed by atoms with Gasteiger partial charge >= 0.3 is 0 Å². The Labute approximate surface area is 127 Å². The van der Waals surface area contributed by atoms with Crippen molar-refractivity contribution in [3.8, 4) is 0 Å². The lowest BCUT2D eigenvalue weighted by atomic mass is 9.48. The number of hydrogen-bond acceptors (Lipinski definition) is 3. The van der Waals surface area contributed by atoms with Crippen molar-refractivity contribution in [3.05, 3.63) is 17.8 Å². The highest BCUT2D eigenvalue weighted by Gasteiger charge is 2.53. The summed E-state index contributed by atoms with van der Waals surface area (Å²) < 4.78 is 0. The molecule has 4 aliphatic carbocycles. The van der Waals surface area contributed by atoms with Crippen molar-refractivity contribution in [2.45, 2.75) is 58.4 Å². The number of anilines is 2. The molecule has 0 saturated heterocycles. The van der Waals surface area contributed by atoms with Crippen molar-refractivity contribution in [1.82, 2.24) is 4.98 Å².